The summed E-state index contributed by atoms with van der Waals surface area (Å²) in [4.78, 5) is 8.47. The Bertz CT molecular complexity index is 973. The Morgan fingerprint density at radius 3 is 2.80 bits per heavy atom. The van der Waals surface area contributed by atoms with Gasteiger partial charge in [0, 0.05) is 12.8 Å². The van der Waals surface area contributed by atoms with Crippen LogP contribution in [0, 0.1) is 23.0 Å². The molecule has 1 aliphatic rings. The molecule has 25 heavy (non-hydrogen) atoms. The van der Waals surface area contributed by atoms with Gasteiger partial charge in [0.05, 0.1) is 23.5 Å². The zero-order chi connectivity index (χ0) is 17.4. The van der Waals surface area contributed by atoms with Crippen molar-refractivity contribution in [3.63, 3.8) is 0 Å². The van der Waals surface area contributed by atoms with Gasteiger partial charge in [-0.3, -0.25) is 0 Å². The summed E-state index contributed by atoms with van der Waals surface area (Å²) in [6.45, 7) is 0. The molecule has 4 nitrogen and oxygen atoms in total. The number of oxazole rings is 1. The molecule has 1 aliphatic carbocycles. The van der Waals surface area contributed by atoms with E-state index >= 15 is 0 Å². The number of benzene rings is 1. The maximum atomic E-state index is 13.7. The van der Waals surface area contributed by atoms with E-state index in [2.05, 4.69) is 9.97 Å². The molecule has 0 spiro atoms. The minimum atomic E-state index is -0.417. The number of aryl methyl sites for hydroxylation is 1. The third kappa shape index (κ3) is 3.01. The van der Waals surface area contributed by atoms with Crippen molar-refractivity contribution in [2.75, 3.05) is 0 Å². The van der Waals surface area contributed by atoms with E-state index in [9.17, 15) is 8.78 Å². The van der Waals surface area contributed by atoms with E-state index in [1.54, 1.807) is 6.07 Å². The van der Waals surface area contributed by atoms with Gasteiger partial charge in [0.15, 0.2) is 0 Å². The van der Waals surface area contributed by atoms with Crippen LogP contribution in [0.3, 0.4) is 0 Å². The lowest BCUT2D eigenvalue weighted by Crippen LogP contribution is -2.12. The minimum absolute atomic E-state index is 0.0782. The highest BCUT2D eigenvalue weighted by Crippen LogP contribution is 2.35. The number of nitrogens with zero attached hydrogens (tertiary/aromatic N) is 3. The standard InChI is InChI=1S/C19H13F2N3O/c20-14-2-3-16(23-10-14)19-24-17-8-12(1-4-18(17)25-19)13-5-11(9-22)6-15(21)7-13/h2-3,5-7,10,12H,1,4,8H2. The van der Waals surface area contributed by atoms with Gasteiger partial charge >= 0.3 is 0 Å². The number of nitriles is 1. The van der Waals surface area contributed by atoms with E-state index in [0.717, 1.165) is 29.6 Å². The summed E-state index contributed by atoms with van der Waals surface area (Å²) < 4.78 is 32.5. The molecule has 0 fully saturated rings. The van der Waals surface area contributed by atoms with Gasteiger partial charge in [0.25, 0.3) is 0 Å². The SMILES string of the molecule is N#Cc1cc(F)cc(C2CCc3oc(-c4ccc(F)cn4)nc3C2)c1. The Hall–Kier alpha value is -3.07. The molecule has 0 amide bonds. The molecular formula is C19H13F2N3O. The van der Waals surface area contributed by atoms with E-state index < -0.39 is 11.6 Å². The summed E-state index contributed by atoms with van der Waals surface area (Å²) in [5.41, 5.74) is 2.40. The molecule has 0 aliphatic heterocycles. The van der Waals surface area contributed by atoms with Crippen molar-refractivity contribution >= 4 is 0 Å². The van der Waals surface area contributed by atoms with Crippen LogP contribution in [0.1, 0.15) is 34.9 Å². The van der Waals surface area contributed by atoms with Gasteiger partial charge in [-0.2, -0.15) is 5.26 Å². The Morgan fingerprint density at radius 2 is 2.04 bits per heavy atom. The summed E-state index contributed by atoms with van der Waals surface area (Å²) in [5, 5.41) is 9.01. The molecule has 6 heteroatoms. The highest BCUT2D eigenvalue weighted by atomic mass is 19.1. The summed E-state index contributed by atoms with van der Waals surface area (Å²) in [6, 6.07) is 9.24. The monoisotopic (exact) mass is 337 g/mol. The largest absolute Gasteiger partial charge is 0.440 e. The predicted octanol–water partition coefficient (Wildman–Crippen LogP) is 4.16. The molecule has 1 unspecified atom stereocenters. The van der Waals surface area contributed by atoms with E-state index in [-0.39, 0.29) is 5.92 Å². The van der Waals surface area contributed by atoms with Crippen LogP contribution < -0.4 is 0 Å². The number of fused-ring (bicyclic) bond motifs is 1. The van der Waals surface area contributed by atoms with Crippen molar-refractivity contribution in [3.8, 4) is 17.7 Å². The van der Waals surface area contributed by atoms with Crippen LogP contribution >= 0.6 is 0 Å². The van der Waals surface area contributed by atoms with Gasteiger partial charge in [-0.1, -0.05) is 0 Å². The van der Waals surface area contributed by atoms with Gasteiger partial charge in [-0.15, -0.1) is 0 Å². The van der Waals surface area contributed by atoms with E-state index in [4.69, 9.17) is 9.68 Å². The lowest BCUT2D eigenvalue weighted by atomic mass is 9.84. The van der Waals surface area contributed by atoms with Gasteiger partial charge < -0.3 is 4.42 Å². The van der Waals surface area contributed by atoms with Gasteiger partial charge in [0.1, 0.15) is 23.1 Å². The quantitative estimate of drug-likeness (QED) is 0.704. The predicted molar refractivity (Wildman–Crippen MR) is 85.6 cm³/mol. The fourth-order valence-electron chi connectivity index (χ4n) is 3.19. The van der Waals surface area contributed by atoms with Gasteiger partial charge in [-0.25, -0.2) is 18.7 Å². The highest BCUT2D eigenvalue weighted by molar-refractivity contribution is 5.48. The molecule has 0 radical (unpaired) electrons. The number of hydrogen-bond donors (Lipinski definition) is 0. The molecule has 1 atom stereocenters. The molecule has 0 N–H and O–H groups in total. The van der Waals surface area contributed by atoms with Crippen LogP contribution in [0.15, 0.2) is 40.9 Å². The Balaban J connectivity index is 1.63. The van der Waals surface area contributed by atoms with Crippen LogP contribution in [-0.2, 0) is 12.8 Å². The second-order valence-corrected chi connectivity index (χ2v) is 6.08. The Morgan fingerprint density at radius 1 is 1.16 bits per heavy atom. The van der Waals surface area contributed by atoms with Gasteiger partial charge in [-0.05, 0) is 48.2 Å². The topological polar surface area (TPSA) is 62.7 Å². The Kier molecular flexibility index (Phi) is 3.77. The van der Waals surface area contributed by atoms with Crippen molar-refractivity contribution in [2.24, 2.45) is 0 Å². The van der Waals surface area contributed by atoms with E-state index in [1.165, 1.54) is 24.3 Å². The molecule has 0 bridgehead atoms. The number of halogens is 2. The molecular weight excluding hydrogens is 324 g/mol. The first-order valence-corrected chi connectivity index (χ1v) is 7.93. The molecule has 3 aromatic rings. The summed E-state index contributed by atoms with van der Waals surface area (Å²) >= 11 is 0. The first-order valence-electron chi connectivity index (χ1n) is 7.93. The van der Waals surface area contributed by atoms with Crippen molar-refractivity contribution < 1.29 is 13.2 Å². The molecule has 124 valence electrons. The summed E-state index contributed by atoms with van der Waals surface area (Å²) in [5.74, 6) is 0.405. The molecule has 0 saturated heterocycles. The number of hydrogen-bond acceptors (Lipinski definition) is 4. The third-order valence-corrected chi connectivity index (χ3v) is 4.40. The van der Waals surface area contributed by atoms with Crippen molar-refractivity contribution in [3.05, 3.63) is 70.7 Å². The molecule has 4 rings (SSSR count). The number of aromatic nitrogens is 2. The van der Waals surface area contributed by atoms with Crippen LogP contribution in [0.2, 0.25) is 0 Å². The summed E-state index contributed by atoms with van der Waals surface area (Å²) in [7, 11) is 0. The van der Waals surface area contributed by atoms with Crippen molar-refractivity contribution in [1.29, 1.82) is 5.26 Å². The lowest BCUT2D eigenvalue weighted by molar-refractivity contribution is 0.463. The minimum Gasteiger partial charge on any atom is -0.440 e. The second-order valence-electron chi connectivity index (χ2n) is 6.08. The fourth-order valence-corrected chi connectivity index (χ4v) is 3.19. The average molecular weight is 337 g/mol. The van der Waals surface area contributed by atoms with Crippen molar-refractivity contribution in [2.45, 2.75) is 25.2 Å². The van der Waals surface area contributed by atoms with Crippen LogP contribution in [0.4, 0.5) is 8.78 Å². The molecule has 0 saturated carbocycles. The Labute approximate surface area is 142 Å². The fraction of sp³-hybridized carbons (Fsp3) is 0.211. The maximum Gasteiger partial charge on any atom is 0.245 e. The maximum absolute atomic E-state index is 13.7. The average Bonchev–Trinajstić information content (AvgIpc) is 3.05. The number of rotatable bonds is 2. The lowest BCUT2D eigenvalue weighted by Gasteiger charge is -2.20. The summed E-state index contributed by atoms with van der Waals surface area (Å²) in [6.07, 6.45) is 3.19. The highest BCUT2D eigenvalue weighted by Gasteiger charge is 2.26. The van der Waals surface area contributed by atoms with Crippen LogP contribution in [-0.4, -0.2) is 9.97 Å². The normalized spacial score (nSPS) is 16.3. The number of pyridine rings is 1. The zero-order valence-electron chi connectivity index (χ0n) is 13.2. The molecule has 1 aromatic carbocycles. The van der Waals surface area contributed by atoms with Gasteiger partial charge in [0.2, 0.25) is 5.89 Å². The van der Waals surface area contributed by atoms with E-state index in [1.807, 2.05) is 6.07 Å². The first-order chi connectivity index (χ1) is 12.1. The third-order valence-electron chi connectivity index (χ3n) is 4.40. The molecule has 2 aromatic heterocycles. The smallest absolute Gasteiger partial charge is 0.245 e. The van der Waals surface area contributed by atoms with Crippen LogP contribution in [0.25, 0.3) is 11.6 Å². The molecule has 2 heterocycles. The first kappa shape index (κ1) is 15.5. The second kappa shape index (κ2) is 6.10. The zero-order valence-corrected chi connectivity index (χ0v) is 13.2. The van der Waals surface area contributed by atoms with Crippen LogP contribution in [0.5, 0.6) is 0 Å². The van der Waals surface area contributed by atoms with E-state index in [0.29, 0.717) is 30.0 Å². The van der Waals surface area contributed by atoms with Crippen molar-refractivity contribution in [1.82, 2.24) is 9.97 Å².